The van der Waals surface area contributed by atoms with Gasteiger partial charge < -0.3 is 14.4 Å². The van der Waals surface area contributed by atoms with Crippen LogP contribution in [-0.2, 0) is 18.9 Å². The second-order valence-electron chi connectivity index (χ2n) is 3.47. The summed E-state index contributed by atoms with van der Waals surface area (Å²) >= 11 is 0. The van der Waals surface area contributed by atoms with Gasteiger partial charge in [-0.15, -0.1) is 0 Å². The van der Waals surface area contributed by atoms with E-state index in [1.807, 2.05) is 0 Å². The van der Waals surface area contributed by atoms with E-state index in [2.05, 4.69) is 11.3 Å². The van der Waals surface area contributed by atoms with Crippen LogP contribution in [0, 0.1) is 0 Å². The van der Waals surface area contributed by atoms with Crippen molar-refractivity contribution in [3.05, 3.63) is 36.9 Å². The van der Waals surface area contributed by atoms with E-state index in [4.69, 9.17) is 0 Å². The topological polar surface area (TPSA) is 80.7 Å². The third-order valence-corrected chi connectivity index (χ3v) is 3.76. The summed E-state index contributed by atoms with van der Waals surface area (Å²) in [4.78, 5) is 21.9. The maximum Gasteiger partial charge on any atom is 0.337 e. The molecule has 0 radical (unpaired) electrons. The predicted molar refractivity (Wildman–Crippen MR) is 67.5 cm³/mol. The Kier molecular flexibility index (Phi) is 5.33. The molecular formula is C12H13O5P. The van der Waals surface area contributed by atoms with Crippen molar-refractivity contribution < 1.29 is 24.0 Å². The highest BCUT2D eigenvalue weighted by atomic mass is 31.1. The molecule has 1 N–H and O–H groups in total. The van der Waals surface area contributed by atoms with Gasteiger partial charge in [0, 0.05) is 17.5 Å². The lowest BCUT2D eigenvalue weighted by molar-refractivity contribution is -0.155. The summed E-state index contributed by atoms with van der Waals surface area (Å²) in [7, 11) is -2.17. The first-order valence-electron chi connectivity index (χ1n) is 5.22. The van der Waals surface area contributed by atoms with E-state index >= 15 is 0 Å². The van der Waals surface area contributed by atoms with Gasteiger partial charge in [-0.25, -0.2) is 4.79 Å². The molecule has 0 bridgehead atoms. The van der Waals surface area contributed by atoms with Gasteiger partial charge in [-0.2, -0.15) is 0 Å². The molecular weight excluding hydrogens is 255 g/mol. The normalized spacial score (nSPS) is 11.6. The highest BCUT2D eigenvalue weighted by Crippen LogP contribution is 2.23. The summed E-state index contributed by atoms with van der Waals surface area (Å²) in [6.45, 7) is 3.16. The molecule has 1 unspecified atom stereocenters. The molecule has 1 rings (SSSR count). The van der Waals surface area contributed by atoms with Crippen LogP contribution in [0.25, 0.3) is 0 Å². The number of benzene rings is 1. The number of carbonyl (C=O) groups is 2. The van der Waals surface area contributed by atoms with Gasteiger partial charge in [0.2, 0.25) is 0 Å². The predicted octanol–water partition coefficient (Wildman–Crippen LogP) is 1.22. The smallest absolute Gasteiger partial charge is 0.337 e. The monoisotopic (exact) mass is 268 g/mol. The third-order valence-electron chi connectivity index (χ3n) is 2.11. The van der Waals surface area contributed by atoms with Gasteiger partial charge in [0.1, 0.15) is 13.6 Å². The molecule has 6 heteroatoms. The number of carbonyl (C=O) groups excluding carboxylic acids is 2. The van der Waals surface area contributed by atoms with Gasteiger partial charge in [0.15, 0.2) is 0 Å². The van der Waals surface area contributed by atoms with Gasteiger partial charge >= 0.3 is 11.9 Å². The molecule has 0 saturated heterocycles. The van der Waals surface area contributed by atoms with Crippen molar-refractivity contribution in [2.75, 3.05) is 6.16 Å². The van der Waals surface area contributed by atoms with Crippen LogP contribution in [-0.4, -0.2) is 23.2 Å². The zero-order chi connectivity index (χ0) is 13.5. The molecule has 1 aromatic rings. The fourth-order valence-corrected chi connectivity index (χ4v) is 2.56. The molecule has 0 amide bonds. The Bertz CT molecular complexity index is 495. The molecule has 0 fully saturated rings. The van der Waals surface area contributed by atoms with Crippen molar-refractivity contribution in [2.24, 2.45) is 0 Å². The molecule has 0 heterocycles. The number of hydrogen-bond acceptors (Lipinski definition) is 5. The number of phenols is 1. The van der Waals surface area contributed by atoms with Crippen molar-refractivity contribution in [3.8, 4) is 5.75 Å². The number of ether oxygens (including phenoxy) is 1. The first-order chi connectivity index (χ1) is 8.52. The molecule has 0 spiro atoms. The first kappa shape index (κ1) is 14.2. The van der Waals surface area contributed by atoms with Crippen molar-refractivity contribution in [1.82, 2.24) is 0 Å². The van der Waals surface area contributed by atoms with Crippen LogP contribution < -0.4 is 5.30 Å². The Morgan fingerprint density at radius 2 is 2.17 bits per heavy atom. The summed E-state index contributed by atoms with van der Waals surface area (Å²) in [6.07, 6.45) is 0.862. The molecule has 0 aliphatic carbocycles. The minimum atomic E-state index is -2.17. The summed E-state index contributed by atoms with van der Waals surface area (Å²) in [5, 5.41) is 9.71. The van der Waals surface area contributed by atoms with Gasteiger partial charge in [0.05, 0.1) is 6.42 Å². The number of phenolic OH excluding ortho intramolecular Hbond substituents is 1. The number of rotatable bonds is 5. The Balaban J connectivity index is 2.49. The fourth-order valence-electron chi connectivity index (χ4n) is 1.24. The van der Waals surface area contributed by atoms with E-state index in [-0.39, 0.29) is 18.3 Å². The largest absolute Gasteiger partial charge is 0.508 e. The number of hydrogen-bond donors (Lipinski definition) is 1. The summed E-state index contributed by atoms with van der Waals surface area (Å²) < 4.78 is 16.2. The first-order valence-corrected chi connectivity index (χ1v) is 6.83. The van der Waals surface area contributed by atoms with Crippen molar-refractivity contribution in [1.29, 1.82) is 0 Å². The molecule has 18 heavy (non-hydrogen) atoms. The highest BCUT2D eigenvalue weighted by molar-refractivity contribution is 7.53. The van der Waals surface area contributed by atoms with Gasteiger partial charge in [-0.05, 0) is 12.1 Å². The molecule has 0 aromatic heterocycles. The number of aromatic hydroxyl groups is 1. The molecule has 5 nitrogen and oxygen atoms in total. The second kappa shape index (κ2) is 6.77. The van der Waals surface area contributed by atoms with E-state index < -0.39 is 19.7 Å². The summed E-state index contributed by atoms with van der Waals surface area (Å²) in [5.41, 5.74) is 0. The lowest BCUT2D eigenvalue weighted by atomic mass is 10.3. The van der Waals surface area contributed by atoms with Crippen LogP contribution in [0.3, 0.4) is 0 Å². The van der Waals surface area contributed by atoms with Crippen molar-refractivity contribution in [2.45, 2.75) is 6.42 Å². The Labute approximate surface area is 105 Å². The number of esters is 2. The quantitative estimate of drug-likeness (QED) is 0.376. The van der Waals surface area contributed by atoms with Crippen LogP contribution in [0.2, 0.25) is 0 Å². The molecule has 0 aliphatic rings. The molecule has 0 aliphatic heterocycles. The minimum Gasteiger partial charge on any atom is -0.508 e. The van der Waals surface area contributed by atoms with Crippen molar-refractivity contribution >= 4 is 25.0 Å². The average Bonchev–Trinajstić information content (AvgIpc) is 2.35. The minimum absolute atomic E-state index is 0.0234. The van der Waals surface area contributed by atoms with Crippen LogP contribution in [0.1, 0.15) is 6.42 Å². The van der Waals surface area contributed by atoms with Crippen LogP contribution >= 0.6 is 7.80 Å². The van der Waals surface area contributed by atoms with E-state index in [9.17, 15) is 19.3 Å². The van der Waals surface area contributed by atoms with E-state index in [1.54, 1.807) is 12.1 Å². The average molecular weight is 268 g/mol. The molecule has 0 saturated carbocycles. The maximum absolute atomic E-state index is 11.8. The lowest BCUT2D eigenvalue weighted by Gasteiger charge is -2.02. The van der Waals surface area contributed by atoms with Crippen molar-refractivity contribution in [3.63, 3.8) is 0 Å². The lowest BCUT2D eigenvalue weighted by Crippen LogP contribution is -2.11. The van der Waals surface area contributed by atoms with E-state index in [1.165, 1.54) is 12.1 Å². The second-order valence-corrected chi connectivity index (χ2v) is 5.39. The van der Waals surface area contributed by atoms with Gasteiger partial charge in [0.25, 0.3) is 0 Å². The van der Waals surface area contributed by atoms with Gasteiger partial charge in [-0.1, -0.05) is 18.7 Å². The van der Waals surface area contributed by atoms with E-state index in [0.717, 1.165) is 6.08 Å². The molecule has 1 aromatic carbocycles. The SMILES string of the molecule is C=CC(=O)OC(=O)CC[PH](=O)c1cccc(O)c1. The summed E-state index contributed by atoms with van der Waals surface area (Å²) in [5.74, 6) is -1.54. The van der Waals surface area contributed by atoms with Crippen LogP contribution in [0.4, 0.5) is 0 Å². The van der Waals surface area contributed by atoms with E-state index in [0.29, 0.717) is 5.30 Å². The fraction of sp³-hybridized carbons (Fsp3) is 0.167. The standard InChI is InChI=1S/C12H13O5P/c1-2-11(14)17-12(15)6-7-18(16)10-5-3-4-9(13)8-10/h2-5,8,13,18H,1,6-7H2. The zero-order valence-corrected chi connectivity index (χ0v) is 10.6. The zero-order valence-electron chi connectivity index (χ0n) is 9.59. The Hall–Kier alpha value is -1.87. The Morgan fingerprint density at radius 1 is 1.44 bits per heavy atom. The van der Waals surface area contributed by atoms with Crippen LogP contribution in [0.15, 0.2) is 36.9 Å². The van der Waals surface area contributed by atoms with Crippen LogP contribution in [0.5, 0.6) is 5.75 Å². The maximum atomic E-state index is 11.8. The molecule has 96 valence electrons. The Morgan fingerprint density at radius 3 is 2.78 bits per heavy atom. The third kappa shape index (κ3) is 4.55. The highest BCUT2D eigenvalue weighted by Gasteiger charge is 2.11. The van der Waals surface area contributed by atoms with Gasteiger partial charge in [-0.3, -0.25) is 4.79 Å². The summed E-state index contributed by atoms with van der Waals surface area (Å²) in [6, 6.07) is 6.05. The molecule has 1 atom stereocenters.